The highest BCUT2D eigenvalue weighted by molar-refractivity contribution is 6.34. The van der Waals surface area contributed by atoms with Gasteiger partial charge in [0.05, 0.1) is 23.3 Å². The van der Waals surface area contributed by atoms with Gasteiger partial charge in [0.15, 0.2) is 17.5 Å². The normalized spacial score (nSPS) is 38.8. The number of nitrogens with zero attached hydrogens (tertiary/aromatic N) is 1. The summed E-state index contributed by atoms with van der Waals surface area (Å²) in [5.41, 5.74) is -1.87. The van der Waals surface area contributed by atoms with Crippen LogP contribution < -0.4 is 10.1 Å². The zero-order valence-electron chi connectivity index (χ0n) is 34.5. The van der Waals surface area contributed by atoms with Crippen LogP contribution in [0.25, 0.3) is 10.8 Å². The van der Waals surface area contributed by atoms with Crippen molar-refractivity contribution in [2.75, 3.05) is 11.9 Å². The van der Waals surface area contributed by atoms with Crippen LogP contribution in [0.4, 0.5) is 5.82 Å². The van der Waals surface area contributed by atoms with Crippen molar-refractivity contribution in [2.24, 2.45) is 21.7 Å². The number of aliphatic hydroxyl groups excluding tert-OH is 5. The number of aliphatic hydroxyl groups is 5. The van der Waals surface area contributed by atoms with E-state index in [-0.39, 0.29) is 51.1 Å². The number of nitrogens with one attached hydrogen (secondary N) is 1. The van der Waals surface area contributed by atoms with E-state index in [2.05, 4.69) is 5.32 Å². The summed E-state index contributed by atoms with van der Waals surface area (Å²) in [4.78, 5) is 34.2. The number of benzene rings is 2. The van der Waals surface area contributed by atoms with Crippen molar-refractivity contribution in [1.82, 2.24) is 4.98 Å². The van der Waals surface area contributed by atoms with Crippen LogP contribution in [-0.4, -0.2) is 95.6 Å². The van der Waals surface area contributed by atoms with Crippen molar-refractivity contribution >= 4 is 28.2 Å². The van der Waals surface area contributed by atoms with E-state index in [9.17, 15) is 40.2 Å². The number of aryl methyl sites for hydroxylation is 1. The van der Waals surface area contributed by atoms with Gasteiger partial charge in [0, 0.05) is 40.1 Å². The predicted octanol–water partition coefficient (Wildman–Crippen LogP) is 5.83. The molecule has 7 N–H and O–H groups in total. The average Bonchev–Trinajstić information content (AvgIpc) is 4.07. The second kappa shape index (κ2) is 12.5. The van der Waals surface area contributed by atoms with Gasteiger partial charge in [-0.3, -0.25) is 9.59 Å². The smallest absolute Gasteiger partial charge is 0.260 e. The van der Waals surface area contributed by atoms with Gasteiger partial charge in [-0.2, -0.15) is 0 Å². The molecule has 9 unspecified atom stereocenters. The molecule has 0 amide bonds. The van der Waals surface area contributed by atoms with Gasteiger partial charge in [-0.05, 0) is 135 Å². The van der Waals surface area contributed by atoms with Crippen LogP contribution in [0.3, 0.4) is 0 Å². The summed E-state index contributed by atoms with van der Waals surface area (Å²) in [6.45, 7) is 1.81. The van der Waals surface area contributed by atoms with Crippen molar-refractivity contribution in [2.45, 2.75) is 145 Å². The van der Waals surface area contributed by atoms with Gasteiger partial charge in [0.2, 0.25) is 5.78 Å². The van der Waals surface area contributed by atoms with Crippen molar-refractivity contribution in [1.29, 1.82) is 0 Å². The van der Waals surface area contributed by atoms with E-state index in [4.69, 9.17) is 14.5 Å². The minimum atomic E-state index is -2.29. The summed E-state index contributed by atoms with van der Waals surface area (Å²) in [6.07, 6.45) is 10.6. The molecule has 6 bridgehead atoms. The Balaban J connectivity index is 1.14. The van der Waals surface area contributed by atoms with E-state index in [1.165, 1.54) is 12.1 Å². The van der Waals surface area contributed by atoms with Crippen molar-refractivity contribution < 1.29 is 49.7 Å². The third kappa shape index (κ3) is 4.84. The molecule has 0 radical (unpaired) electrons. The minimum Gasteiger partial charge on any atom is -0.507 e. The van der Waals surface area contributed by atoms with E-state index in [0.717, 1.165) is 76.2 Å². The number of phenolic OH excluding ortho intramolecular Hbond substituents is 1. The highest BCUT2D eigenvalue weighted by Crippen LogP contribution is 2.71. The molecule has 1 aromatic heterocycles. The van der Waals surface area contributed by atoms with Gasteiger partial charge < -0.3 is 45.4 Å². The minimum absolute atomic E-state index is 0.00709. The molecule has 1 saturated heterocycles. The van der Waals surface area contributed by atoms with E-state index in [1.807, 2.05) is 0 Å². The van der Waals surface area contributed by atoms with Crippen molar-refractivity contribution in [3.63, 3.8) is 0 Å². The third-order valence-electron chi connectivity index (χ3n) is 17.8. The lowest BCUT2D eigenvalue weighted by Gasteiger charge is -2.63. The standard InChI is InChI=1S/C49H54N2O10/c1-25-18-28-34(31(52)19-25)38(55)36-32-20-27-26(35(36)37(28)54)7-17-50-42(27)51-22-33(53)47(16-14-45(24-47)10-4-5-11-45)30-21-46(15-13-44(23-46)8-2-3-9-44)43(59)49-29(30)6-12-48(60-32,61-49)40(57)39(56)41(49)58/h6-7,12,17-20,33,39-41,43,52-53,56-59H,2-5,8-11,13-16,21-24H2,1H3,(H,50,51). The van der Waals surface area contributed by atoms with E-state index in [1.54, 1.807) is 37.4 Å². The monoisotopic (exact) mass is 830 g/mol. The van der Waals surface area contributed by atoms with Crippen LogP contribution in [0.15, 0.2) is 53.8 Å². The molecule has 12 nitrogen and oxygen atoms in total. The summed E-state index contributed by atoms with van der Waals surface area (Å²) in [5.74, 6) is -3.70. The molecule has 6 spiro atoms. The SMILES string of the molecule is Cc1cc(O)c2c(c1)C(=O)c1c(c3cc4c(nccc14)NCC(O)C1(CCC4(CCCC4)C1)C1=C4C=CC5(O3)OC4(C(O)C(O)C5O)C(O)C3(CCC4(CCCC4)C3)C1)C2=O. The van der Waals surface area contributed by atoms with Crippen LogP contribution in [0.5, 0.6) is 11.5 Å². The number of phenols is 1. The Morgan fingerprint density at radius 3 is 2.26 bits per heavy atom. The molecule has 13 rings (SSSR count). The van der Waals surface area contributed by atoms with Gasteiger partial charge in [-0.25, -0.2) is 4.98 Å². The van der Waals surface area contributed by atoms with E-state index >= 15 is 0 Å². The molecule has 9 atom stereocenters. The number of pyridine rings is 1. The maximum Gasteiger partial charge on any atom is 0.260 e. The van der Waals surface area contributed by atoms with Crippen LogP contribution in [0.1, 0.15) is 134 Å². The number of hydrogen-bond donors (Lipinski definition) is 7. The molecule has 3 aromatic rings. The van der Waals surface area contributed by atoms with Crippen LogP contribution in [0, 0.1) is 28.6 Å². The van der Waals surface area contributed by atoms with Gasteiger partial charge in [-0.15, -0.1) is 0 Å². The fourth-order valence-corrected chi connectivity index (χ4v) is 15.0. The van der Waals surface area contributed by atoms with E-state index in [0.29, 0.717) is 53.4 Å². The van der Waals surface area contributed by atoms with Crippen molar-refractivity contribution in [3.8, 4) is 11.5 Å². The number of rotatable bonds is 0. The predicted molar refractivity (Wildman–Crippen MR) is 222 cm³/mol. The summed E-state index contributed by atoms with van der Waals surface area (Å²) in [7, 11) is 0. The number of ether oxygens (including phenoxy) is 2. The van der Waals surface area contributed by atoms with Crippen LogP contribution in [-0.2, 0) is 4.74 Å². The molecule has 61 heavy (non-hydrogen) atoms. The number of hydrogen-bond acceptors (Lipinski definition) is 12. The lowest BCUT2D eigenvalue weighted by Crippen LogP contribution is -2.78. The van der Waals surface area contributed by atoms with Gasteiger partial charge >= 0.3 is 0 Å². The zero-order chi connectivity index (χ0) is 42.1. The summed E-state index contributed by atoms with van der Waals surface area (Å²) < 4.78 is 14.0. The van der Waals surface area contributed by atoms with E-state index < -0.39 is 64.3 Å². The second-order valence-electron chi connectivity index (χ2n) is 20.8. The fourth-order valence-electron chi connectivity index (χ4n) is 15.0. The number of anilines is 1. The summed E-state index contributed by atoms with van der Waals surface area (Å²) in [5, 5.41) is 78.7. The number of fused-ring (bicyclic) bond motifs is 5. The highest BCUT2D eigenvalue weighted by atomic mass is 16.7. The maximum atomic E-state index is 14.8. The first-order chi connectivity index (χ1) is 29.2. The molecule has 5 heterocycles. The second-order valence-corrected chi connectivity index (χ2v) is 20.8. The first-order valence-electron chi connectivity index (χ1n) is 22.6. The first kappa shape index (κ1) is 38.5. The Kier molecular flexibility index (Phi) is 7.90. The fraction of sp³-hybridized carbons (Fsp3) is 0.571. The molecule has 4 saturated carbocycles. The average molecular weight is 831 g/mol. The number of aromatic nitrogens is 1. The van der Waals surface area contributed by atoms with Crippen LogP contribution in [0.2, 0.25) is 0 Å². The number of carbonyl (C=O) groups excluding carboxylic acids is 2. The molecule has 10 aliphatic rings. The molecule has 12 heteroatoms. The molecule has 5 fully saturated rings. The lowest BCUT2D eigenvalue weighted by atomic mass is 9.52. The Morgan fingerprint density at radius 1 is 0.787 bits per heavy atom. The Bertz CT molecular complexity index is 2540. The molecule has 4 aliphatic heterocycles. The Hall–Kier alpha value is -4.17. The molecular weight excluding hydrogens is 777 g/mol. The van der Waals surface area contributed by atoms with Gasteiger partial charge in [0.1, 0.15) is 29.5 Å². The van der Waals surface area contributed by atoms with Crippen LogP contribution >= 0.6 is 0 Å². The molecular formula is C49H54N2O10. The summed E-state index contributed by atoms with van der Waals surface area (Å²) in [6, 6.07) is 6.18. The first-order valence-corrected chi connectivity index (χ1v) is 22.6. The lowest BCUT2D eigenvalue weighted by molar-refractivity contribution is -0.367. The zero-order valence-corrected chi connectivity index (χ0v) is 34.5. The maximum absolute atomic E-state index is 14.8. The Morgan fingerprint density at radius 2 is 1.51 bits per heavy atom. The van der Waals surface area contributed by atoms with Gasteiger partial charge in [-0.1, -0.05) is 37.3 Å². The van der Waals surface area contributed by atoms with Gasteiger partial charge in [0.25, 0.3) is 5.79 Å². The number of carbonyl (C=O) groups is 2. The quantitative estimate of drug-likeness (QED) is 0.112. The highest BCUT2D eigenvalue weighted by Gasteiger charge is 2.74. The summed E-state index contributed by atoms with van der Waals surface area (Å²) >= 11 is 0. The topological polar surface area (TPSA) is 199 Å². The largest absolute Gasteiger partial charge is 0.507 e. The number of ketones is 2. The molecule has 2 aromatic carbocycles. The molecule has 320 valence electrons. The van der Waals surface area contributed by atoms with Crippen molar-refractivity contribution in [3.05, 3.63) is 81.6 Å². The molecule has 6 aliphatic carbocycles. The third-order valence-corrected chi connectivity index (χ3v) is 17.8. The Labute approximate surface area is 353 Å². The number of aromatic hydroxyl groups is 1.